The molecule has 8 nitrogen and oxygen atoms in total. The number of rotatable bonds is 2. The quantitative estimate of drug-likeness (QED) is 0.675. The fourth-order valence-corrected chi connectivity index (χ4v) is 2.79. The van der Waals surface area contributed by atoms with E-state index in [2.05, 4.69) is 10.4 Å². The molecule has 0 aliphatic carbocycles. The number of nitro benzene ring substituents is 1. The summed E-state index contributed by atoms with van der Waals surface area (Å²) in [4.78, 5) is 24.0. The van der Waals surface area contributed by atoms with Gasteiger partial charge in [0.15, 0.2) is 0 Å². The second-order valence-electron chi connectivity index (χ2n) is 5.62. The lowest BCUT2D eigenvalue weighted by molar-refractivity contribution is -0.387. The number of fused-ring (bicyclic) bond motifs is 1. The Hall–Kier alpha value is -2.97. The van der Waals surface area contributed by atoms with Crippen molar-refractivity contribution in [1.29, 1.82) is 0 Å². The van der Waals surface area contributed by atoms with E-state index in [-0.39, 0.29) is 11.7 Å². The summed E-state index contributed by atoms with van der Waals surface area (Å²) in [6, 6.07) is 2.90. The second-order valence-corrected chi connectivity index (χ2v) is 5.62. The lowest BCUT2D eigenvalue weighted by Gasteiger charge is -2.20. The Morgan fingerprint density at radius 1 is 1.46 bits per heavy atom. The molecule has 0 saturated heterocycles. The largest absolute Gasteiger partial charge is 0.322 e. The normalized spacial score (nSPS) is 14.0. The zero-order valence-electron chi connectivity index (χ0n) is 13.0. The maximum absolute atomic E-state index is 13.4. The zero-order chi connectivity index (χ0) is 17.3. The van der Waals surface area contributed by atoms with Gasteiger partial charge in [-0.15, -0.1) is 0 Å². The van der Waals surface area contributed by atoms with Crippen molar-refractivity contribution in [3.63, 3.8) is 0 Å². The van der Waals surface area contributed by atoms with Crippen molar-refractivity contribution in [2.45, 2.75) is 19.4 Å². The number of nitro groups is 1. The second kappa shape index (κ2) is 6.26. The standard InChI is InChI=1S/C15H16FN5O3/c1-19-13-3-2-6-20(9-10(13)8-17-19)15(22)18-11-4-5-12(16)14(7-11)21(23)24/h4-5,7-8H,2-3,6,9H2,1H3,(H,18,22). The predicted molar refractivity (Wildman–Crippen MR) is 84.0 cm³/mol. The molecule has 1 aliphatic rings. The summed E-state index contributed by atoms with van der Waals surface area (Å²) in [5.74, 6) is -0.937. The average Bonchev–Trinajstić information content (AvgIpc) is 2.76. The molecule has 0 saturated carbocycles. The number of carbonyl (C=O) groups is 1. The molecule has 24 heavy (non-hydrogen) atoms. The molecular formula is C15H16FN5O3. The molecule has 0 atom stereocenters. The minimum Gasteiger partial charge on any atom is -0.320 e. The van der Waals surface area contributed by atoms with Crippen molar-refractivity contribution >= 4 is 17.4 Å². The fraction of sp³-hybridized carbons (Fsp3) is 0.333. The van der Waals surface area contributed by atoms with Gasteiger partial charge < -0.3 is 10.2 Å². The van der Waals surface area contributed by atoms with E-state index in [1.54, 1.807) is 15.8 Å². The van der Waals surface area contributed by atoms with Gasteiger partial charge in [0.25, 0.3) is 0 Å². The predicted octanol–water partition coefficient (Wildman–Crippen LogP) is 2.45. The van der Waals surface area contributed by atoms with Gasteiger partial charge in [0.05, 0.1) is 17.7 Å². The van der Waals surface area contributed by atoms with Crippen molar-refractivity contribution in [2.75, 3.05) is 11.9 Å². The molecule has 0 radical (unpaired) electrons. The molecule has 0 fully saturated rings. The van der Waals surface area contributed by atoms with Crippen LogP contribution in [0.1, 0.15) is 17.7 Å². The molecule has 0 bridgehead atoms. The topological polar surface area (TPSA) is 93.3 Å². The van der Waals surface area contributed by atoms with E-state index in [0.717, 1.165) is 36.2 Å². The highest BCUT2D eigenvalue weighted by Crippen LogP contribution is 2.23. The van der Waals surface area contributed by atoms with Gasteiger partial charge in [-0.2, -0.15) is 9.49 Å². The van der Waals surface area contributed by atoms with Gasteiger partial charge in [0, 0.05) is 36.6 Å². The highest BCUT2D eigenvalue weighted by atomic mass is 19.1. The Morgan fingerprint density at radius 3 is 3.00 bits per heavy atom. The smallest absolute Gasteiger partial charge is 0.320 e. The lowest BCUT2D eigenvalue weighted by Crippen LogP contribution is -2.34. The van der Waals surface area contributed by atoms with Crippen LogP contribution in [-0.4, -0.2) is 32.2 Å². The van der Waals surface area contributed by atoms with E-state index in [1.807, 2.05) is 7.05 Å². The van der Waals surface area contributed by atoms with Crippen LogP contribution in [0.15, 0.2) is 24.4 Å². The number of urea groups is 1. The first kappa shape index (κ1) is 15.9. The van der Waals surface area contributed by atoms with Crippen molar-refractivity contribution in [3.8, 4) is 0 Å². The molecule has 1 N–H and O–H groups in total. The number of nitrogens with one attached hydrogen (secondary N) is 1. The number of hydrogen-bond acceptors (Lipinski definition) is 4. The summed E-state index contributed by atoms with van der Waals surface area (Å²) in [5, 5.41) is 17.6. The number of nitrogens with zero attached hydrogens (tertiary/aromatic N) is 4. The minimum atomic E-state index is -0.937. The Labute approximate surface area is 137 Å². The van der Waals surface area contributed by atoms with Crippen LogP contribution in [0.5, 0.6) is 0 Å². The van der Waals surface area contributed by atoms with Crippen molar-refractivity contribution in [2.24, 2.45) is 7.05 Å². The third-order valence-electron chi connectivity index (χ3n) is 4.03. The first-order chi connectivity index (χ1) is 11.5. The van der Waals surface area contributed by atoms with Crippen LogP contribution in [0.4, 0.5) is 20.6 Å². The maximum Gasteiger partial charge on any atom is 0.322 e. The number of carbonyl (C=O) groups excluding carboxylic acids is 1. The summed E-state index contributed by atoms with van der Waals surface area (Å²) < 4.78 is 15.2. The van der Waals surface area contributed by atoms with Crippen LogP contribution in [0.2, 0.25) is 0 Å². The molecule has 0 unspecified atom stereocenters. The average molecular weight is 333 g/mol. The Bertz CT molecular complexity index is 804. The Balaban J connectivity index is 1.75. The summed E-state index contributed by atoms with van der Waals surface area (Å²) >= 11 is 0. The third-order valence-corrected chi connectivity index (χ3v) is 4.03. The van der Waals surface area contributed by atoms with Gasteiger partial charge in [-0.25, -0.2) is 4.79 Å². The van der Waals surface area contributed by atoms with Gasteiger partial charge in [-0.3, -0.25) is 14.8 Å². The van der Waals surface area contributed by atoms with Crippen molar-refractivity contribution < 1.29 is 14.1 Å². The molecule has 1 aliphatic heterocycles. The molecule has 3 rings (SSSR count). The lowest BCUT2D eigenvalue weighted by atomic mass is 10.2. The SMILES string of the molecule is Cn1ncc2c1CCCN(C(=O)Nc1ccc(F)c([N+](=O)[O-])c1)C2. The molecule has 0 spiro atoms. The van der Waals surface area contributed by atoms with Crippen LogP contribution in [0.3, 0.4) is 0 Å². The van der Waals surface area contributed by atoms with Crippen LogP contribution in [-0.2, 0) is 20.0 Å². The van der Waals surface area contributed by atoms with Gasteiger partial charge in [-0.05, 0) is 25.0 Å². The summed E-state index contributed by atoms with van der Waals surface area (Å²) in [7, 11) is 1.87. The van der Waals surface area contributed by atoms with Gasteiger partial charge in [0.1, 0.15) is 0 Å². The molecule has 1 aromatic carbocycles. The number of amides is 2. The number of benzene rings is 1. The number of anilines is 1. The summed E-state index contributed by atoms with van der Waals surface area (Å²) in [6.45, 7) is 0.974. The Kier molecular flexibility index (Phi) is 4.15. The maximum atomic E-state index is 13.4. The number of aromatic nitrogens is 2. The van der Waals surface area contributed by atoms with E-state index >= 15 is 0 Å². The molecular weight excluding hydrogens is 317 g/mol. The van der Waals surface area contributed by atoms with Gasteiger partial charge in [-0.1, -0.05) is 0 Å². The van der Waals surface area contributed by atoms with Crippen LogP contribution >= 0.6 is 0 Å². The van der Waals surface area contributed by atoms with Crippen LogP contribution < -0.4 is 5.32 Å². The highest BCUT2D eigenvalue weighted by molar-refractivity contribution is 5.89. The molecule has 9 heteroatoms. The van der Waals surface area contributed by atoms with E-state index < -0.39 is 16.4 Å². The molecule has 126 valence electrons. The summed E-state index contributed by atoms with van der Waals surface area (Å²) in [6.07, 6.45) is 3.37. The number of aryl methyl sites for hydroxylation is 1. The van der Waals surface area contributed by atoms with E-state index in [9.17, 15) is 19.3 Å². The van der Waals surface area contributed by atoms with E-state index in [0.29, 0.717) is 13.1 Å². The fourth-order valence-electron chi connectivity index (χ4n) is 2.79. The molecule has 1 aromatic heterocycles. The van der Waals surface area contributed by atoms with Gasteiger partial charge >= 0.3 is 11.7 Å². The van der Waals surface area contributed by atoms with Crippen molar-refractivity contribution in [1.82, 2.24) is 14.7 Å². The molecule has 2 heterocycles. The molecule has 2 aromatic rings. The summed E-state index contributed by atoms with van der Waals surface area (Å²) in [5.41, 5.74) is 1.60. The Morgan fingerprint density at radius 2 is 2.25 bits per heavy atom. The minimum absolute atomic E-state index is 0.184. The third kappa shape index (κ3) is 3.05. The van der Waals surface area contributed by atoms with Crippen molar-refractivity contribution in [3.05, 3.63) is 51.6 Å². The highest BCUT2D eigenvalue weighted by Gasteiger charge is 2.22. The number of hydrogen-bond donors (Lipinski definition) is 1. The number of halogens is 1. The first-order valence-electron chi connectivity index (χ1n) is 7.45. The first-order valence-corrected chi connectivity index (χ1v) is 7.45. The van der Waals surface area contributed by atoms with Crippen LogP contribution in [0, 0.1) is 15.9 Å². The molecule has 2 amide bonds. The monoisotopic (exact) mass is 333 g/mol. The van der Waals surface area contributed by atoms with Crippen LogP contribution in [0.25, 0.3) is 0 Å². The van der Waals surface area contributed by atoms with Gasteiger partial charge in [0.2, 0.25) is 5.82 Å². The van der Waals surface area contributed by atoms with E-state index in [4.69, 9.17) is 0 Å². The zero-order valence-corrected chi connectivity index (χ0v) is 13.0. The van der Waals surface area contributed by atoms with E-state index in [1.165, 1.54) is 6.07 Å².